The van der Waals surface area contributed by atoms with Crippen molar-refractivity contribution in [3.63, 3.8) is 0 Å². The van der Waals surface area contributed by atoms with E-state index in [0.717, 1.165) is 23.8 Å². The van der Waals surface area contributed by atoms with Gasteiger partial charge in [-0.1, -0.05) is 34.6 Å². The predicted octanol–water partition coefficient (Wildman–Crippen LogP) is 5.37. The van der Waals surface area contributed by atoms with Crippen LogP contribution in [0.2, 0.25) is 0 Å². The lowest BCUT2D eigenvalue weighted by atomic mass is 10.0. The van der Waals surface area contributed by atoms with E-state index < -0.39 is 0 Å². The Morgan fingerprint density at radius 2 is 1.78 bits per heavy atom. The zero-order valence-corrected chi connectivity index (χ0v) is 16.8. The number of rotatable bonds is 6. The summed E-state index contributed by atoms with van der Waals surface area (Å²) in [5.74, 6) is 0.833. The molecule has 0 saturated carbocycles. The van der Waals surface area contributed by atoms with Crippen LogP contribution in [0.1, 0.15) is 73.2 Å². The van der Waals surface area contributed by atoms with Gasteiger partial charge >= 0.3 is 0 Å². The van der Waals surface area contributed by atoms with E-state index in [4.69, 9.17) is 4.74 Å². The zero-order chi connectivity index (χ0) is 18.3. The third-order valence-electron chi connectivity index (χ3n) is 2.76. The number of aliphatic imine (C=N–C) groups is 1. The summed E-state index contributed by atoms with van der Waals surface area (Å²) in [5, 5.41) is 2.93. The van der Waals surface area contributed by atoms with Gasteiger partial charge in [0, 0.05) is 17.6 Å². The summed E-state index contributed by atoms with van der Waals surface area (Å²) in [6, 6.07) is 0.365. The number of carbonyl (C=O) groups is 1. The molecular weight excluding hydrogens is 308 g/mol. The Hall–Kier alpha value is -1.23. The molecule has 0 aliphatic heterocycles. The molecule has 1 heterocycles. The molecule has 0 N–H and O–H groups in total. The Kier molecular flexibility index (Phi) is 15.0. The van der Waals surface area contributed by atoms with Crippen LogP contribution in [0.5, 0.6) is 0 Å². The molecule has 0 atom stereocenters. The van der Waals surface area contributed by atoms with E-state index in [1.807, 2.05) is 46.2 Å². The fourth-order valence-corrected chi connectivity index (χ4v) is 1.55. The lowest BCUT2D eigenvalue weighted by Gasteiger charge is -2.23. The highest BCUT2D eigenvalue weighted by atomic mass is 32.1. The summed E-state index contributed by atoms with van der Waals surface area (Å²) >= 11 is 1.60. The molecule has 0 aliphatic rings. The summed E-state index contributed by atoms with van der Waals surface area (Å²) in [5.41, 5.74) is -0.234. The Labute approximate surface area is 146 Å². The second-order valence-corrected chi connectivity index (χ2v) is 7.27. The molecule has 1 aromatic heterocycles. The van der Waals surface area contributed by atoms with Crippen molar-refractivity contribution in [2.75, 3.05) is 0 Å². The van der Waals surface area contributed by atoms with Crippen molar-refractivity contribution in [1.82, 2.24) is 4.98 Å². The monoisotopic (exact) mass is 342 g/mol. The van der Waals surface area contributed by atoms with Crippen molar-refractivity contribution in [2.24, 2.45) is 10.9 Å². The van der Waals surface area contributed by atoms with Crippen molar-refractivity contribution in [3.8, 4) is 0 Å². The molecule has 4 nitrogen and oxygen atoms in total. The van der Waals surface area contributed by atoms with Crippen molar-refractivity contribution in [1.29, 1.82) is 0 Å². The number of hydrogen-bond donors (Lipinski definition) is 0. The molecule has 0 saturated heterocycles. The minimum Gasteiger partial charge on any atom is -0.462 e. The number of carbonyl (C=O) groups excluding carboxylic acids is 1. The smallest absolute Gasteiger partial charge is 0.293 e. The number of aromatic nitrogens is 1. The summed E-state index contributed by atoms with van der Waals surface area (Å²) < 4.78 is 4.85. The van der Waals surface area contributed by atoms with E-state index in [1.165, 1.54) is 0 Å². The quantitative estimate of drug-likeness (QED) is 0.516. The van der Waals surface area contributed by atoms with Crippen LogP contribution in [0.25, 0.3) is 0 Å². The van der Waals surface area contributed by atoms with Crippen molar-refractivity contribution >= 4 is 24.0 Å². The van der Waals surface area contributed by atoms with Crippen LogP contribution in [-0.2, 0) is 9.53 Å². The average molecular weight is 343 g/mol. The highest BCUT2D eigenvalue weighted by Crippen LogP contribution is 2.17. The first-order valence-corrected chi connectivity index (χ1v) is 9.12. The summed E-state index contributed by atoms with van der Waals surface area (Å²) in [6.45, 7) is 17.1. The second kappa shape index (κ2) is 14.4. The van der Waals surface area contributed by atoms with Crippen LogP contribution in [0, 0.1) is 5.92 Å². The molecule has 0 spiro atoms. The first-order chi connectivity index (χ1) is 10.7. The fraction of sp³-hybridized carbons (Fsp3) is 0.722. The van der Waals surface area contributed by atoms with Crippen LogP contribution in [-0.4, -0.2) is 29.3 Å². The average Bonchev–Trinajstić information content (AvgIpc) is 2.99. The van der Waals surface area contributed by atoms with Gasteiger partial charge in [-0.3, -0.25) is 9.79 Å². The zero-order valence-electron chi connectivity index (χ0n) is 16.0. The summed E-state index contributed by atoms with van der Waals surface area (Å²) in [4.78, 5) is 18.2. The van der Waals surface area contributed by atoms with E-state index in [9.17, 15) is 4.79 Å². The lowest BCUT2D eigenvalue weighted by Crippen LogP contribution is -2.25. The SMILES string of the molecule is CC(C)C.CC(C)N=Cc1nccs1.CCC(C)(CC)OC=O. The lowest BCUT2D eigenvalue weighted by molar-refractivity contribution is -0.142. The highest BCUT2D eigenvalue weighted by molar-refractivity contribution is 7.11. The molecule has 5 heteroatoms. The van der Waals surface area contributed by atoms with Gasteiger partial charge in [-0.25, -0.2) is 4.98 Å². The molecule has 0 bridgehead atoms. The third-order valence-corrected chi connectivity index (χ3v) is 3.47. The first-order valence-electron chi connectivity index (χ1n) is 8.24. The third kappa shape index (κ3) is 17.0. The summed E-state index contributed by atoms with van der Waals surface area (Å²) in [6.07, 6.45) is 5.35. The maximum atomic E-state index is 9.92. The van der Waals surface area contributed by atoms with E-state index in [-0.39, 0.29) is 5.60 Å². The van der Waals surface area contributed by atoms with Crippen LogP contribution in [0.3, 0.4) is 0 Å². The van der Waals surface area contributed by atoms with Crippen LogP contribution in [0.4, 0.5) is 0 Å². The van der Waals surface area contributed by atoms with E-state index in [2.05, 4.69) is 30.7 Å². The minimum atomic E-state index is -0.234. The largest absolute Gasteiger partial charge is 0.462 e. The van der Waals surface area contributed by atoms with Gasteiger partial charge in [0.15, 0.2) is 0 Å². The van der Waals surface area contributed by atoms with Gasteiger partial charge in [0.25, 0.3) is 6.47 Å². The van der Waals surface area contributed by atoms with E-state index >= 15 is 0 Å². The number of thiazole rings is 1. The number of hydrogen-bond acceptors (Lipinski definition) is 5. The molecule has 0 amide bonds. The molecule has 0 radical (unpaired) electrons. The highest BCUT2D eigenvalue weighted by Gasteiger charge is 2.19. The van der Waals surface area contributed by atoms with Crippen LogP contribution in [0.15, 0.2) is 16.6 Å². The molecule has 23 heavy (non-hydrogen) atoms. The molecule has 0 fully saturated rings. The number of nitrogens with zero attached hydrogens (tertiary/aromatic N) is 2. The molecule has 134 valence electrons. The van der Waals surface area contributed by atoms with Gasteiger partial charge in [-0.05, 0) is 39.5 Å². The standard InChI is InChI=1S/C7H10N2S.C7H14O2.C4H10/c1-6(2)9-5-7-8-3-4-10-7;1-4-7(3,5-2)9-6-8;1-4(2)3/h3-6H,1-2H3;6H,4-5H2,1-3H3;4H,1-3H3. The molecule has 0 unspecified atom stereocenters. The maximum Gasteiger partial charge on any atom is 0.293 e. The number of ether oxygens (including phenoxy) is 1. The van der Waals surface area contributed by atoms with Crippen molar-refractivity contribution in [3.05, 3.63) is 16.6 Å². The normalized spacial score (nSPS) is 10.9. The van der Waals surface area contributed by atoms with E-state index in [0.29, 0.717) is 12.5 Å². The fourth-order valence-electron chi connectivity index (χ4n) is 1.04. The van der Waals surface area contributed by atoms with Gasteiger partial charge in [0.1, 0.15) is 10.6 Å². The van der Waals surface area contributed by atoms with Crippen molar-refractivity contribution in [2.45, 2.75) is 79.9 Å². The molecule has 1 rings (SSSR count). The summed E-state index contributed by atoms with van der Waals surface area (Å²) in [7, 11) is 0. The van der Waals surface area contributed by atoms with Gasteiger partial charge < -0.3 is 4.74 Å². The minimum absolute atomic E-state index is 0.234. The van der Waals surface area contributed by atoms with Crippen molar-refractivity contribution < 1.29 is 9.53 Å². The predicted molar refractivity (Wildman–Crippen MR) is 101 cm³/mol. The molecule has 0 aromatic carbocycles. The molecule has 1 aromatic rings. The molecular formula is C18H34N2O2S. The van der Waals surface area contributed by atoms with Crippen LogP contribution < -0.4 is 0 Å². The Morgan fingerprint density at radius 1 is 1.26 bits per heavy atom. The van der Waals surface area contributed by atoms with E-state index in [1.54, 1.807) is 17.5 Å². The second-order valence-electron chi connectivity index (χ2n) is 6.35. The Bertz CT molecular complexity index is 394. The first kappa shape index (κ1) is 24.0. The van der Waals surface area contributed by atoms with Gasteiger partial charge in [-0.15, -0.1) is 11.3 Å². The van der Waals surface area contributed by atoms with Crippen LogP contribution >= 0.6 is 11.3 Å². The Balaban J connectivity index is 0. The maximum absolute atomic E-state index is 9.92. The molecule has 0 aliphatic carbocycles. The topological polar surface area (TPSA) is 51.6 Å². The van der Waals surface area contributed by atoms with Gasteiger partial charge in [-0.2, -0.15) is 0 Å². The van der Waals surface area contributed by atoms with Gasteiger partial charge in [0.05, 0.1) is 6.21 Å². The van der Waals surface area contributed by atoms with Gasteiger partial charge in [0.2, 0.25) is 0 Å². The Morgan fingerprint density at radius 3 is 2.04 bits per heavy atom.